The zero-order valence-corrected chi connectivity index (χ0v) is 6.35. The van der Waals surface area contributed by atoms with Gasteiger partial charge in [-0.05, 0) is 13.8 Å². The summed E-state index contributed by atoms with van der Waals surface area (Å²) in [5.41, 5.74) is -0.0648. The van der Waals surface area contributed by atoms with Gasteiger partial charge in [0.25, 0.3) is 0 Å². The second-order valence-electron chi connectivity index (χ2n) is 2.03. The fourth-order valence-electron chi connectivity index (χ4n) is 0.304. The summed E-state index contributed by atoms with van der Waals surface area (Å²) in [5, 5.41) is 8.81. The maximum absolute atomic E-state index is 10.6. The highest BCUT2D eigenvalue weighted by Crippen LogP contribution is 2.24. The van der Waals surface area contributed by atoms with Crippen LogP contribution < -0.4 is 0 Å². The Hall–Kier alpha value is 0.0600. The van der Waals surface area contributed by atoms with E-state index in [2.05, 4.69) is 0 Å². The number of hydrogen-bond acceptors (Lipinski definition) is 2. The van der Waals surface area contributed by atoms with Crippen molar-refractivity contribution < 1.29 is 9.67 Å². The highest BCUT2D eigenvalue weighted by atomic mass is 31.1. The van der Waals surface area contributed by atoms with Crippen LogP contribution in [-0.4, -0.2) is 23.5 Å². The molecule has 3 heteroatoms. The highest BCUT2D eigenvalue weighted by Gasteiger charge is 2.23. The molecule has 0 aromatic rings. The fourth-order valence-corrected chi connectivity index (χ4v) is 0.911. The third kappa shape index (κ3) is 2.39. The second kappa shape index (κ2) is 3.16. The van der Waals surface area contributed by atoms with E-state index in [0.717, 1.165) is 0 Å². The summed E-state index contributed by atoms with van der Waals surface area (Å²) in [6.07, 6.45) is -0.441. The summed E-state index contributed by atoms with van der Waals surface area (Å²) in [6.45, 7) is 5.07. The van der Waals surface area contributed by atoms with E-state index in [-0.39, 0.29) is 5.66 Å². The van der Waals surface area contributed by atoms with E-state index < -0.39 is 13.9 Å². The first-order valence-electron chi connectivity index (χ1n) is 2.63. The predicted molar refractivity (Wildman–Crippen MR) is 34.7 cm³/mol. The van der Waals surface area contributed by atoms with E-state index in [0.29, 0.717) is 0 Å². The number of aliphatic hydroxyl groups excluding tert-OH is 1. The van der Waals surface area contributed by atoms with Gasteiger partial charge in [-0.3, -0.25) is 0 Å². The quantitative estimate of drug-likeness (QED) is 0.578. The molecule has 0 saturated carbocycles. The Morgan fingerprint density at radius 3 is 1.88 bits per heavy atom. The minimum absolute atomic E-state index is 0.0648. The molecule has 48 valence electrons. The molecule has 0 aliphatic rings. The van der Waals surface area contributed by atoms with Crippen LogP contribution in [-0.2, 0) is 4.57 Å². The van der Waals surface area contributed by atoms with Crippen LogP contribution >= 0.6 is 7.80 Å². The van der Waals surface area contributed by atoms with Crippen LogP contribution in [0.3, 0.4) is 0 Å². The molecule has 0 radical (unpaired) electrons. The topological polar surface area (TPSA) is 37.3 Å². The maximum atomic E-state index is 10.6. The van der Waals surface area contributed by atoms with Gasteiger partial charge in [0.15, 0.2) is 5.66 Å². The SMILES string of the molecule is CC(O)C(C)[P+](C)=O. The molecule has 2 nitrogen and oxygen atoms in total. The van der Waals surface area contributed by atoms with Crippen LogP contribution in [0.15, 0.2) is 0 Å². The van der Waals surface area contributed by atoms with Gasteiger partial charge >= 0.3 is 7.80 Å². The molecule has 1 N–H and O–H groups in total. The number of hydrogen-bond donors (Lipinski definition) is 1. The van der Waals surface area contributed by atoms with E-state index in [9.17, 15) is 4.57 Å². The van der Waals surface area contributed by atoms with Crippen LogP contribution in [0.25, 0.3) is 0 Å². The molecule has 3 unspecified atom stereocenters. The van der Waals surface area contributed by atoms with Crippen molar-refractivity contribution in [1.29, 1.82) is 0 Å². The summed E-state index contributed by atoms with van der Waals surface area (Å²) in [7, 11) is -1.20. The third-order valence-corrected chi connectivity index (χ3v) is 2.85. The van der Waals surface area contributed by atoms with Crippen molar-refractivity contribution in [1.82, 2.24) is 0 Å². The lowest BCUT2D eigenvalue weighted by Gasteiger charge is -1.99. The first-order valence-corrected chi connectivity index (χ1v) is 4.41. The molecule has 0 aromatic carbocycles. The maximum Gasteiger partial charge on any atom is 0.341 e. The zero-order valence-electron chi connectivity index (χ0n) is 5.46. The molecule has 0 saturated heterocycles. The number of aliphatic hydroxyl groups is 1. The van der Waals surface area contributed by atoms with Crippen LogP contribution in [0.1, 0.15) is 13.8 Å². The highest BCUT2D eigenvalue weighted by molar-refractivity contribution is 7.44. The van der Waals surface area contributed by atoms with Gasteiger partial charge in [0, 0.05) is 0 Å². The molecule has 8 heavy (non-hydrogen) atoms. The summed E-state index contributed by atoms with van der Waals surface area (Å²) >= 11 is 0. The predicted octanol–water partition coefficient (Wildman–Crippen LogP) is 1.21. The Bertz CT molecular complexity index is 90.4. The monoisotopic (exact) mass is 135 g/mol. The van der Waals surface area contributed by atoms with Gasteiger partial charge in [0.2, 0.25) is 0 Å². The van der Waals surface area contributed by atoms with Crippen LogP contribution in [0, 0.1) is 0 Å². The van der Waals surface area contributed by atoms with E-state index in [1.807, 2.05) is 0 Å². The molecule has 0 aliphatic heterocycles. The van der Waals surface area contributed by atoms with Crippen molar-refractivity contribution in [3.63, 3.8) is 0 Å². The average molecular weight is 135 g/mol. The van der Waals surface area contributed by atoms with Gasteiger partial charge < -0.3 is 5.11 Å². The van der Waals surface area contributed by atoms with Crippen molar-refractivity contribution in [3.05, 3.63) is 0 Å². The zero-order chi connectivity index (χ0) is 6.73. The normalized spacial score (nSPS) is 19.8. The Labute approximate surface area is 50.7 Å². The lowest BCUT2D eigenvalue weighted by Crippen LogP contribution is -2.14. The molecule has 0 aliphatic carbocycles. The van der Waals surface area contributed by atoms with Gasteiger partial charge in [0.05, 0.1) is 6.10 Å². The Balaban J connectivity index is 3.64. The smallest absolute Gasteiger partial charge is 0.341 e. The lowest BCUT2D eigenvalue weighted by atomic mass is 10.3. The van der Waals surface area contributed by atoms with Crippen molar-refractivity contribution in [2.75, 3.05) is 6.66 Å². The third-order valence-electron chi connectivity index (χ3n) is 1.27. The van der Waals surface area contributed by atoms with Crippen molar-refractivity contribution >= 4 is 7.80 Å². The largest absolute Gasteiger partial charge is 0.389 e. The van der Waals surface area contributed by atoms with E-state index in [4.69, 9.17) is 5.11 Å². The first-order chi connectivity index (χ1) is 3.55. The molecule has 3 atom stereocenters. The molecule has 0 aromatic heterocycles. The summed E-state index contributed by atoms with van der Waals surface area (Å²) in [4.78, 5) is 0. The van der Waals surface area contributed by atoms with E-state index in [1.165, 1.54) is 0 Å². The Kier molecular flexibility index (Phi) is 3.18. The molecule has 0 bridgehead atoms. The molecular formula is C5H12O2P+. The number of rotatable bonds is 2. The molecule has 0 fully saturated rings. The molecule has 0 heterocycles. The van der Waals surface area contributed by atoms with E-state index >= 15 is 0 Å². The molecule has 0 rings (SSSR count). The van der Waals surface area contributed by atoms with Crippen LogP contribution in [0.5, 0.6) is 0 Å². The van der Waals surface area contributed by atoms with Gasteiger partial charge in [-0.25, -0.2) is 0 Å². The van der Waals surface area contributed by atoms with Crippen molar-refractivity contribution in [2.45, 2.75) is 25.6 Å². The average Bonchev–Trinajstić information content (AvgIpc) is 1.64. The fraction of sp³-hybridized carbons (Fsp3) is 1.00. The van der Waals surface area contributed by atoms with E-state index in [1.54, 1.807) is 20.5 Å². The first kappa shape index (κ1) is 8.06. The van der Waals surface area contributed by atoms with Crippen molar-refractivity contribution in [2.24, 2.45) is 0 Å². The summed E-state index contributed by atoms with van der Waals surface area (Å²) < 4.78 is 10.6. The second-order valence-corrected chi connectivity index (χ2v) is 3.93. The van der Waals surface area contributed by atoms with Gasteiger partial charge in [-0.1, -0.05) is 4.57 Å². The van der Waals surface area contributed by atoms with Crippen LogP contribution in [0.2, 0.25) is 0 Å². The minimum atomic E-state index is -1.20. The standard InChI is InChI=1S/C5H12O2P/c1-4(6)5(2)8(3)7/h4-6H,1-3H3/q+1. The van der Waals surface area contributed by atoms with Gasteiger partial charge in [0.1, 0.15) is 6.66 Å². The molecular weight excluding hydrogens is 123 g/mol. The Morgan fingerprint density at radius 2 is 1.88 bits per heavy atom. The van der Waals surface area contributed by atoms with Crippen molar-refractivity contribution in [3.8, 4) is 0 Å². The van der Waals surface area contributed by atoms with Gasteiger partial charge in [-0.15, -0.1) is 0 Å². The van der Waals surface area contributed by atoms with Gasteiger partial charge in [-0.2, -0.15) is 0 Å². The van der Waals surface area contributed by atoms with Crippen LogP contribution in [0.4, 0.5) is 0 Å². The molecule has 0 amide bonds. The Morgan fingerprint density at radius 1 is 1.50 bits per heavy atom. The summed E-state index contributed by atoms with van der Waals surface area (Å²) in [5.74, 6) is 0. The lowest BCUT2D eigenvalue weighted by molar-refractivity contribution is 0.193. The summed E-state index contributed by atoms with van der Waals surface area (Å²) in [6, 6.07) is 0. The molecule has 0 spiro atoms. The minimum Gasteiger partial charge on any atom is -0.389 e.